The van der Waals surface area contributed by atoms with Gasteiger partial charge in [0.2, 0.25) is 0 Å². The molecule has 1 unspecified atom stereocenters. The fraction of sp³-hybridized carbons (Fsp3) is 0.129. The monoisotopic (exact) mass is 537 g/mol. The van der Waals surface area contributed by atoms with Crippen LogP contribution >= 0.6 is 11.3 Å². The lowest BCUT2D eigenvalue weighted by Crippen LogP contribution is -2.43. The van der Waals surface area contributed by atoms with Crippen LogP contribution in [0.5, 0.6) is 0 Å². The molecule has 0 saturated carbocycles. The molecule has 39 heavy (non-hydrogen) atoms. The third-order valence-electron chi connectivity index (χ3n) is 6.41. The van der Waals surface area contributed by atoms with Crippen LogP contribution in [0.4, 0.5) is 0 Å². The van der Waals surface area contributed by atoms with Crippen LogP contribution < -0.4 is 25.8 Å². The molecule has 4 aromatic rings. The van der Waals surface area contributed by atoms with E-state index in [1.807, 2.05) is 91.0 Å². The summed E-state index contributed by atoms with van der Waals surface area (Å²) in [6, 6.07) is 28.1. The number of nitrogens with two attached hydrogens (primary N) is 1. The second kappa shape index (κ2) is 11.4. The Balaban J connectivity index is 1.77. The van der Waals surface area contributed by atoms with Crippen LogP contribution in [0.25, 0.3) is 17.5 Å². The molecule has 1 aliphatic rings. The molecule has 0 saturated heterocycles. The van der Waals surface area contributed by atoms with E-state index in [4.69, 9.17) is 10.5 Å². The molecule has 0 aliphatic carbocycles. The number of carbonyl (C=O) groups excluding carboxylic acids is 2. The van der Waals surface area contributed by atoms with E-state index in [1.165, 1.54) is 15.9 Å². The smallest absolute Gasteiger partial charge is 0.338 e. The highest BCUT2D eigenvalue weighted by Gasteiger charge is 2.39. The first-order valence-corrected chi connectivity index (χ1v) is 13.4. The lowest BCUT2D eigenvalue weighted by Gasteiger charge is -2.27. The molecule has 0 fully saturated rings. The fourth-order valence-electron chi connectivity index (χ4n) is 4.63. The zero-order valence-corrected chi connectivity index (χ0v) is 22.1. The van der Waals surface area contributed by atoms with Crippen molar-refractivity contribution in [3.8, 4) is 0 Å². The first kappa shape index (κ1) is 25.9. The molecule has 3 aromatic carbocycles. The maximum absolute atomic E-state index is 13.9. The average Bonchev–Trinajstić information content (AvgIpc) is 3.28. The van der Waals surface area contributed by atoms with E-state index in [0.717, 1.165) is 11.1 Å². The molecule has 1 aromatic heterocycles. The van der Waals surface area contributed by atoms with Crippen LogP contribution in [0, 0.1) is 0 Å². The maximum Gasteiger partial charge on any atom is 0.338 e. The molecule has 2 heterocycles. The number of thiazole rings is 1. The van der Waals surface area contributed by atoms with Crippen molar-refractivity contribution in [3.63, 3.8) is 0 Å². The predicted octanol–water partition coefficient (Wildman–Crippen LogP) is 2.69. The third-order valence-corrected chi connectivity index (χ3v) is 7.52. The molecule has 7 nitrogen and oxygen atoms in total. The number of aromatic nitrogens is 1. The number of carbonyl (C=O) groups is 2. The molecule has 0 spiro atoms. The number of rotatable bonds is 7. The molecule has 3 N–H and O–H groups in total. The molecule has 8 heteroatoms. The molecular weight excluding hydrogens is 510 g/mol. The summed E-state index contributed by atoms with van der Waals surface area (Å²) in [5, 5.41) is 2.98. The Morgan fingerprint density at radius 3 is 2.21 bits per heavy atom. The predicted molar refractivity (Wildman–Crippen MR) is 153 cm³/mol. The van der Waals surface area contributed by atoms with Crippen LogP contribution in [-0.2, 0) is 20.9 Å². The van der Waals surface area contributed by atoms with Crippen LogP contribution in [0.3, 0.4) is 0 Å². The van der Waals surface area contributed by atoms with Gasteiger partial charge in [-0.3, -0.25) is 14.2 Å². The molecule has 1 aliphatic heterocycles. The molecule has 5 rings (SSSR count). The number of nitrogens with one attached hydrogen (secondary N) is 1. The summed E-state index contributed by atoms with van der Waals surface area (Å²) in [6.45, 7) is 2.09. The normalized spacial score (nSPS) is 15.2. The third kappa shape index (κ3) is 5.19. The van der Waals surface area contributed by atoms with Crippen molar-refractivity contribution in [1.82, 2.24) is 9.88 Å². The first-order chi connectivity index (χ1) is 19.0. The summed E-state index contributed by atoms with van der Waals surface area (Å²) >= 11 is 1.17. The Hall–Kier alpha value is -4.69. The van der Waals surface area contributed by atoms with Crippen molar-refractivity contribution in [1.29, 1.82) is 0 Å². The Bertz CT molecular complexity index is 1720. The minimum Gasteiger partial charge on any atom is -0.463 e. The van der Waals surface area contributed by atoms with Crippen LogP contribution in [0.15, 0.2) is 101 Å². The summed E-state index contributed by atoms with van der Waals surface area (Å²) in [4.78, 5) is 41.0. The standard InChI is InChI=1S/C31H27N3O4S/c1-2-38-31(37)25-24(22-16-10-5-11-17-22)26(28(35)33-19-21-14-8-4-9-15-21)30-34(27(25)32)29(36)23(39-30)18-20-12-6-3-7-13-20/h3-18,24H,2,19,32H2,1H3,(H,33,35)/b23-18+. The van der Waals surface area contributed by atoms with E-state index >= 15 is 0 Å². The lowest BCUT2D eigenvalue weighted by atomic mass is 9.82. The Kier molecular flexibility index (Phi) is 7.56. The van der Waals surface area contributed by atoms with Gasteiger partial charge >= 0.3 is 5.97 Å². The second-order valence-electron chi connectivity index (χ2n) is 8.91. The molecule has 0 bridgehead atoms. The van der Waals surface area contributed by atoms with Gasteiger partial charge in [-0.2, -0.15) is 0 Å². The van der Waals surface area contributed by atoms with Gasteiger partial charge < -0.3 is 15.8 Å². The van der Waals surface area contributed by atoms with Crippen molar-refractivity contribution in [3.05, 3.63) is 133 Å². The lowest BCUT2D eigenvalue weighted by molar-refractivity contribution is -0.138. The minimum atomic E-state index is -0.830. The zero-order valence-electron chi connectivity index (χ0n) is 21.3. The number of ether oxygens (including phenoxy) is 1. The Morgan fingerprint density at radius 2 is 1.56 bits per heavy atom. The van der Waals surface area contributed by atoms with Crippen LogP contribution in [-0.4, -0.2) is 23.1 Å². The highest BCUT2D eigenvalue weighted by Crippen LogP contribution is 2.37. The highest BCUT2D eigenvalue weighted by atomic mass is 32.1. The van der Waals surface area contributed by atoms with E-state index in [2.05, 4.69) is 5.32 Å². The van der Waals surface area contributed by atoms with Gasteiger partial charge in [0.1, 0.15) is 10.5 Å². The topological polar surface area (TPSA) is 103 Å². The number of esters is 1. The van der Waals surface area contributed by atoms with Crippen LogP contribution in [0.1, 0.15) is 29.5 Å². The van der Waals surface area contributed by atoms with Crippen molar-refractivity contribution >= 4 is 40.7 Å². The zero-order chi connectivity index (χ0) is 27.4. The van der Waals surface area contributed by atoms with E-state index < -0.39 is 23.4 Å². The second-order valence-corrected chi connectivity index (χ2v) is 9.94. The van der Waals surface area contributed by atoms with Gasteiger partial charge in [0.05, 0.1) is 28.2 Å². The quantitative estimate of drug-likeness (QED) is 0.353. The first-order valence-electron chi connectivity index (χ1n) is 12.6. The number of amides is 1. The van der Waals surface area contributed by atoms with Gasteiger partial charge in [0, 0.05) is 6.54 Å². The van der Waals surface area contributed by atoms with Gasteiger partial charge in [0.25, 0.3) is 11.5 Å². The highest BCUT2D eigenvalue weighted by molar-refractivity contribution is 7.07. The van der Waals surface area contributed by atoms with Gasteiger partial charge in [-0.25, -0.2) is 4.79 Å². The number of benzene rings is 3. The van der Waals surface area contributed by atoms with Crippen molar-refractivity contribution < 1.29 is 14.3 Å². The van der Waals surface area contributed by atoms with E-state index in [9.17, 15) is 14.4 Å². The van der Waals surface area contributed by atoms with Gasteiger partial charge in [-0.1, -0.05) is 91.0 Å². The summed E-state index contributed by atoms with van der Waals surface area (Å²) < 4.78 is 7.42. The molecule has 1 amide bonds. The number of nitrogens with zero attached hydrogens (tertiary/aromatic N) is 1. The Morgan fingerprint density at radius 1 is 0.949 bits per heavy atom. The van der Waals surface area contributed by atoms with Crippen molar-refractivity contribution in [2.24, 2.45) is 5.73 Å². The van der Waals surface area contributed by atoms with E-state index in [1.54, 1.807) is 13.0 Å². The Labute approximate surface area is 229 Å². The van der Waals surface area contributed by atoms with Gasteiger partial charge in [-0.05, 0) is 29.7 Å². The fourth-order valence-corrected chi connectivity index (χ4v) is 5.80. The van der Waals surface area contributed by atoms with Crippen molar-refractivity contribution in [2.75, 3.05) is 6.61 Å². The minimum absolute atomic E-state index is 0.0362. The summed E-state index contributed by atoms with van der Waals surface area (Å²) in [5.41, 5.74) is 8.94. The van der Waals surface area contributed by atoms with Gasteiger partial charge in [0.15, 0.2) is 0 Å². The average molecular weight is 538 g/mol. The molecular formula is C31H27N3O4S. The SMILES string of the molecule is CCOC(=O)C1=C(N)n2c(s/c(=C/c3ccccc3)c2=O)=C(C(=O)NCc2ccccc2)C1c1ccccc1. The maximum atomic E-state index is 13.9. The van der Waals surface area contributed by atoms with Gasteiger partial charge in [-0.15, -0.1) is 11.3 Å². The summed E-state index contributed by atoms with van der Waals surface area (Å²) in [5.74, 6) is -1.94. The number of hydrogen-bond acceptors (Lipinski definition) is 6. The number of fused-ring (bicyclic) bond motifs is 1. The summed E-state index contributed by atoms with van der Waals surface area (Å²) in [7, 11) is 0. The summed E-state index contributed by atoms with van der Waals surface area (Å²) in [6.07, 6.45) is 1.76. The van der Waals surface area contributed by atoms with E-state index in [-0.39, 0.29) is 30.1 Å². The van der Waals surface area contributed by atoms with Crippen molar-refractivity contribution in [2.45, 2.75) is 19.4 Å². The number of hydrogen-bond donors (Lipinski definition) is 2. The molecule has 196 valence electrons. The largest absolute Gasteiger partial charge is 0.463 e. The molecule has 1 atom stereocenters. The molecule has 0 radical (unpaired) electrons. The van der Waals surface area contributed by atoms with E-state index in [0.29, 0.717) is 14.8 Å². The van der Waals surface area contributed by atoms with Crippen LogP contribution in [0.2, 0.25) is 0 Å².